The van der Waals surface area contributed by atoms with Crippen LogP contribution in [0.1, 0.15) is 43.6 Å². The Morgan fingerprint density at radius 1 is 1.18 bits per heavy atom. The number of carbonyl (C=O) groups is 1. The highest BCUT2D eigenvalue weighted by atomic mass is 32.1. The highest BCUT2D eigenvalue weighted by molar-refractivity contribution is 7.80. The molecule has 0 radical (unpaired) electrons. The lowest BCUT2D eigenvalue weighted by molar-refractivity contribution is 0.00578. The smallest absolute Gasteiger partial charge is 0.400 e. The van der Waals surface area contributed by atoms with Crippen LogP contribution in [0.4, 0.5) is 4.39 Å². The van der Waals surface area contributed by atoms with Crippen molar-refractivity contribution in [2.75, 3.05) is 5.75 Å². The second-order valence-corrected chi connectivity index (χ2v) is 6.72. The van der Waals surface area contributed by atoms with Gasteiger partial charge in [0.2, 0.25) is 0 Å². The number of benzene rings is 1. The van der Waals surface area contributed by atoms with Crippen molar-refractivity contribution in [1.82, 2.24) is 0 Å². The third kappa shape index (κ3) is 3.45. The van der Waals surface area contributed by atoms with Crippen molar-refractivity contribution in [3.63, 3.8) is 0 Å². The Balaban J connectivity index is 2.33. The summed E-state index contributed by atoms with van der Waals surface area (Å²) in [6, 6.07) is 4.17. The van der Waals surface area contributed by atoms with Crippen LogP contribution in [0, 0.1) is 5.82 Å². The van der Waals surface area contributed by atoms with Crippen LogP contribution in [-0.4, -0.2) is 30.4 Å². The van der Waals surface area contributed by atoms with Gasteiger partial charge in [0.25, 0.3) is 0 Å². The number of aldehydes is 1. The maximum absolute atomic E-state index is 13.5. The van der Waals surface area contributed by atoms with E-state index in [9.17, 15) is 9.18 Å². The molecule has 0 atom stereocenters. The summed E-state index contributed by atoms with van der Waals surface area (Å²) in [4.78, 5) is 10.8. The molecule has 2 rings (SSSR count). The molecule has 22 heavy (non-hydrogen) atoms. The molecule has 0 aliphatic carbocycles. The third-order valence-electron chi connectivity index (χ3n) is 4.17. The Morgan fingerprint density at radius 2 is 1.73 bits per heavy atom. The molecule has 0 N–H and O–H groups in total. The van der Waals surface area contributed by atoms with E-state index in [1.165, 1.54) is 12.1 Å². The van der Waals surface area contributed by atoms with Gasteiger partial charge in [-0.25, -0.2) is 4.39 Å². The van der Waals surface area contributed by atoms with Crippen molar-refractivity contribution in [3.05, 3.63) is 40.6 Å². The second kappa shape index (κ2) is 6.18. The highest BCUT2D eigenvalue weighted by Gasteiger charge is 2.52. The Labute approximate surface area is 136 Å². The fraction of sp³-hybridized carbons (Fsp3) is 0.438. The predicted octanol–water partition coefficient (Wildman–Crippen LogP) is 3.58. The molecule has 0 saturated carbocycles. The minimum atomic E-state index is -0.537. The Kier molecular flexibility index (Phi) is 4.85. The molecule has 1 saturated heterocycles. The summed E-state index contributed by atoms with van der Waals surface area (Å²) >= 11 is 4.32. The van der Waals surface area contributed by atoms with E-state index in [1.54, 1.807) is 12.1 Å². The van der Waals surface area contributed by atoms with Gasteiger partial charge in [-0.3, -0.25) is 4.79 Å². The topological polar surface area (TPSA) is 35.5 Å². The molecule has 1 aliphatic heterocycles. The Bertz CT molecular complexity index is 597. The van der Waals surface area contributed by atoms with E-state index >= 15 is 0 Å². The van der Waals surface area contributed by atoms with Crippen LogP contribution in [0.5, 0.6) is 0 Å². The molecule has 0 unspecified atom stereocenters. The number of hydrogen-bond acceptors (Lipinski definition) is 4. The zero-order chi connectivity index (χ0) is 16.5. The lowest BCUT2D eigenvalue weighted by Gasteiger charge is -2.32. The van der Waals surface area contributed by atoms with E-state index in [1.807, 2.05) is 27.7 Å². The van der Waals surface area contributed by atoms with Gasteiger partial charge in [0.05, 0.1) is 11.2 Å². The largest absolute Gasteiger partial charge is 0.491 e. The van der Waals surface area contributed by atoms with Gasteiger partial charge in [0.1, 0.15) is 12.1 Å². The predicted molar refractivity (Wildman–Crippen MR) is 89.7 cm³/mol. The van der Waals surface area contributed by atoms with Crippen molar-refractivity contribution in [2.24, 2.45) is 0 Å². The van der Waals surface area contributed by atoms with Gasteiger partial charge in [-0.1, -0.05) is 6.08 Å². The molecule has 6 heteroatoms. The molecule has 0 bridgehead atoms. The molecule has 118 valence electrons. The standard InChI is InChI=1S/C16H20BFO3S/c1-15(2)16(3,4)21-17(20-15)13(10-22)6-11-5-12(9-19)8-14(18)7-11/h5-9,22H,10H2,1-4H3. The van der Waals surface area contributed by atoms with Crippen molar-refractivity contribution >= 4 is 32.1 Å². The zero-order valence-corrected chi connectivity index (χ0v) is 14.1. The van der Waals surface area contributed by atoms with Gasteiger partial charge in [0.15, 0.2) is 0 Å². The van der Waals surface area contributed by atoms with Gasteiger partial charge >= 0.3 is 7.12 Å². The van der Waals surface area contributed by atoms with Gasteiger partial charge in [-0.05, 0) is 56.9 Å². The lowest BCUT2D eigenvalue weighted by Crippen LogP contribution is -2.41. The summed E-state index contributed by atoms with van der Waals surface area (Å²) in [6.45, 7) is 7.87. The first-order valence-corrected chi connectivity index (χ1v) is 7.74. The number of thiol groups is 1. The monoisotopic (exact) mass is 322 g/mol. The van der Waals surface area contributed by atoms with Crippen LogP contribution in [0.25, 0.3) is 6.08 Å². The average Bonchev–Trinajstić information content (AvgIpc) is 2.64. The van der Waals surface area contributed by atoms with Gasteiger partial charge in [0, 0.05) is 11.3 Å². The SMILES string of the molecule is CC1(C)OB(C(=Cc2cc(F)cc(C=O)c2)CS)OC1(C)C. The normalized spacial score (nSPS) is 20.3. The van der Waals surface area contributed by atoms with E-state index in [4.69, 9.17) is 9.31 Å². The number of carbonyl (C=O) groups excluding carboxylic acids is 1. The van der Waals surface area contributed by atoms with Gasteiger partial charge in [-0.2, -0.15) is 12.6 Å². The first-order chi connectivity index (χ1) is 10.2. The van der Waals surface area contributed by atoms with Gasteiger partial charge in [-0.15, -0.1) is 0 Å². The maximum Gasteiger partial charge on any atom is 0.491 e. The third-order valence-corrected chi connectivity index (χ3v) is 4.53. The molecule has 0 amide bonds. The van der Waals surface area contributed by atoms with Crippen LogP contribution >= 0.6 is 12.6 Å². The molecule has 1 heterocycles. The summed E-state index contributed by atoms with van der Waals surface area (Å²) in [6.07, 6.45) is 2.38. The molecule has 1 aromatic carbocycles. The molecule has 1 aromatic rings. The number of rotatable bonds is 4. The molecule has 1 fully saturated rings. The minimum Gasteiger partial charge on any atom is -0.400 e. The molecule has 0 aromatic heterocycles. The van der Waals surface area contributed by atoms with Crippen LogP contribution in [0.15, 0.2) is 23.7 Å². The Morgan fingerprint density at radius 3 is 2.23 bits per heavy atom. The average molecular weight is 322 g/mol. The van der Waals surface area contributed by atoms with Crippen LogP contribution in [0.3, 0.4) is 0 Å². The molecule has 0 spiro atoms. The minimum absolute atomic E-state index is 0.290. The number of hydrogen-bond donors (Lipinski definition) is 1. The summed E-state index contributed by atoms with van der Waals surface area (Å²) in [7, 11) is -0.537. The van der Waals surface area contributed by atoms with E-state index < -0.39 is 24.1 Å². The van der Waals surface area contributed by atoms with Crippen LogP contribution in [0.2, 0.25) is 0 Å². The molecule has 1 aliphatic rings. The van der Waals surface area contributed by atoms with Gasteiger partial charge < -0.3 is 9.31 Å². The first-order valence-electron chi connectivity index (χ1n) is 7.11. The summed E-state index contributed by atoms with van der Waals surface area (Å²) in [5.74, 6) is -0.0488. The second-order valence-electron chi connectivity index (χ2n) is 6.40. The summed E-state index contributed by atoms with van der Waals surface area (Å²) in [5, 5.41) is 0. The van der Waals surface area contributed by atoms with E-state index in [2.05, 4.69) is 12.6 Å². The first kappa shape index (κ1) is 17.3. The van der Waals surface area contributed by atoms with Crippen molar-refractivity contribution < 1.29 is 18.5 Å². The van der Waals surface area contributed by atoms with Crippen LogP contribution in [-0.2, 0) is 9.31 Å². The lowest BCUT2D eigenvalue weighted by atomic mass is 9.78. The quantitative estimate of drug-likeness (QED) is 0.523. The maximum atomic E-state index is 13.5. The molecule has 3 nitrogen and oxygen atoms in total. The molecular formula is C16H20BFO3S. The van der Waals surface area contributed by atoms with E-state index in [-0.39, 0.29) is 0 Å². The summed E-state index contributed by atoms with van der Waals surface area (Å²) < 4.78 is 25.5. The highest BCUT2D eigenvalue weighted by Crippen LogP contribution is 2.39. The van der Waals surface area contributed by atoms with Crippen molar-refractivity contribution in [2.45, 2.75) is 38.9 Å². The summed E-state index contributed by atoms with van der Waals surface area (Å²) in [5.41, 5.74) is 0.759. The van der Waals surface area contributed by atoms with Crippen LogP contribution < -0.4 is 0 Å². The zero-order valence-electron chi connectivity index (χ0n) is 13.2. The number of halogens is 1. The van der Waals surface area contributed by atoms with E-state index in [0.717, 1.165) is 5.47 Å². The van der Waals surface area contributed by atoms with Crippen molar-refractivity contribution in [1.29, 1.82) is 0 Å². The Hall–Kier alpha value is -1.11. The van der Waals surface area contributed by atoms with E-state index in [0.29, 0.717) is 23.2 Å². The van der Waals surface area contributed by atoms with Crippen molar-refractivity contribution in [3.8, 4) is 0 Å². The fourth-order valence-electron chi connectivity index (χ4n) is 2.18. The molecular weight excluding hydrogens is 302 g/mol. The fourth-order valence-corrected chi connectivity index (χ4v) is 2.42.